The summed E-state index contributed by atoms with van der Waals surface area (Å²) < 4.78 is 0. The first-order valence-electron chi connectivity index (χ1n) is 9.17. The van der Waals surface area contributed by atoms with Crippen LogP contribution in [-0.4, -0.2) is 27.4 Å². The Labute approximate surface area is 167 Å². The Kier molecular flexibility index (Phi) is 5.16. The molecular formula is C22H18N6O. The lowest BCUT2D eigenvalue weighted by Crippen LogP contribution is -2.16. The largest absolute Gasteiger partial charge is 0.361 e. The van der Waals surface area contributed by atoms with Gasteiger partial charge < -0.3 is 15.6 Å². The van der Waals surface area contributed by atoms with Crippen LogP contribution in [0.2, 0.25) is 0 Å². The molecule has 29 heavy (non-hydrogen) atoms. The van der Waals surface area contributed by atoms with Crippen molar-refractivity contribution in [3.05, 3.63) is 83.8 Å². The summed E-state index contributed by atoms with van der Waals surface area (Å²) in [6, 6.07) is 18.6. The molecule has 1 amide bonds. The van der Waals surface area contributed by atoms with Crippen LogP contribution in [0.25, 0.3) is 10.9 Å². The number of nitrogens with one attached hydrogen (secondary N) is 3. The maximum absolute atomic E-state index is 12.5. The van der Waals surface area contributed by atoms with Gasteiger partial charge in [-0.1, -0.05) is 30.3 Å². The van der Waals surface area contributed by atoms with Crippen LogP contribution in [0.15, 0.2) is 67.0 Å². The van der Waals surface area contributed by atoms with E-state index in [1.807, 2.05) is 24.4 Å². The smallest absolute Gasteiger partial charge is 0.274 e. The predicted molar refractivity (Wildman–Crippen MR) is 112 cm³/mol. The van der Waals surface area contributed by atoms with Crippen LogP contribution in [0.1, 0.15) is 21.6 Å². The average molecular weight is 382 g/mol. The van der Waals surface area contributed by atoms with Gasteiger partial charge >= 0.3 is 0 Å². The number of H-pyrrole nitrogens is 1. The first-order valence-corrected chi connectivity index (χ1v) is 9.17. The number of hydrogen-bond acceptors (Lipinski definition) is 5. The molecule has 7 nitrogen and oxygen atoms in total. The van der Waals surface area contributed by atoms with Crippen LogP contribution < -0.4 is 10.6 Å². The number of fused-ring (bicyclic) bond motifs is 1. The third-order valence-electron chi connectivity index (χ3n) is 4.54. The van der Waals surface area contributed by atoms with Gasteiger partial charge in [-0.05, 0) is 36.2 Å². The Hall–Kier alpha value is -4.18. The summed E-state index contributed by atoms with van der Waals surface area (Å²) in [5.41, 5.74) is 3.38. The van der Waals surface area contributed by atoms with Gasteiger partial charge in [0.15, 0.2) is 0 Å². The number of nitriles is 1. The van der Waals surface area contributed by atoms with E-state index in [4.69, 9.17) is 5.26 Å². The van der Waals surface area contributed by atoms with Crippen molar-refractivity contribution in [2.24, 2.45) is 0 Å². The minimum absolute atomic E-state index is 0.224. The standard InChI is InChI=1S/C22H18N6O/c23-13-15-5-1-3-7-18(15)27-21(29)20-10-12-25-22(28-20)24-11-9-16-14-26-19-8-4-2-6-17(16)19/h1-8,10,12,14,26H,9,11H2,(H,27,29)(H,24,25,28). The number of rotatable bonds is 6. The molecule has 4 aromatic rings. The molecule has 0 radical (unpaired) electrons. The number of hydrogen-bond donors (Lipinski definition) is 3. The Balaban J connectivity index is 1.41. The normalized spacial score (nSPS) is 10.4. The van der Waals surface area contributed by atoms with Gasteiger partial charge in [-0.3, -0.25) is 4.79 Å². The highest BCUT2D eigenvalue weighted by Gasteiger charge is 2.11. The molecule has 0 unspecified atom stereocenters. The van der Waals surface area contributed by atoms with E-state index in [0.717, 1.165) is 11.9 Å². The fourth-order valence-electron chi connectivity index (χ4n) is 3.09. The molecular weight excluding hydrogens is 364 g/mol. The number of carbonyl (C=O) groups excluding carboxylic acids is 1. The average Bonchev–Trinajstić information content (AvgIpc) is 3.17. The van der Waals surface area contributed by atoms with Crippen molar-refractivity contribution in [1.29, 1.82) is 5.26 Å². The van der Waals surface area contributed by atoms with Gasteiger partial charge in [-0.25, -0.2) is 9.97 Å². The van der Waals surface area contributed by atoms with E-state index < -0.39 is 5.91 Å². The third kappa shape index (κ3) is 4.06. The topological polar surface area (TPSA) is 106 Å². The van der Waals surface area contributed by atoms with Crippen LogP contribution in [0.3, 0.4) is 0 Å². The molecule has 0 aliphatic carbocycles. The zero-order valence-electron chi connectivity index (χ0n) is 15.5. The minimum atomic E-state index is -0.394. The first kappa shape index (κ1) is 18.2. The van der Waals surface area contributed by atoms with E-state index in [-0.39, 0.29) is 5.69 Å². The summed E-state index contributed by atoms with van der Waals surface area (Å²) in [6.07, 6.45) is 4.33. The summed E-state index contributed by atoms with van der Waals surface area (Å²) in [6.45, 7) is 0.629. The summed E-state index contributed by atoms with van der Waals surface area (Å²) >= 11 is 0. The van der Waals surface area contributed by atoms with Crippen molar-refractivity contribution in [2.45, 2.75) is 6.42 Å². The SMILES string of the molecule is N#Cc1ccccc1NC(=O)c1ccnc(NCCc2c[nH]c3ccccc23)n1. The molecule has 0 bridgehead atoms. The lowest BCUT2D eigenvalue weighted by molar-refractivity contribution is 0.102. The van der Waals surface area contributed by atoms with E-state index in [2.05, 4.69) is 37.7 Å². The van der Waals surface area contributed by atoms with Gasteiger partial charge in [-0.15, -0.1) is 0 Å². The van der Waals surface area contributed by atoms with E-state index in [1.54, 1.807) is 24.3 Å². The van der Waals surface area contributed by atoms with E-state index >= 15 is 0 Å². The lowest BCUT2D eigenvalue weighted by Gasteiger charge is -2.08. The molecule has 2 aromatic carbocycles. The molecule has 7 heteroatoms. The predicted octanol–water partition coefficient (Wildman–Crippen LogP) is 3.74. The molecule has 0 atom stereocenters. The summed E-state index contributed by atoms with van der Waals surface area (Å²) in [7, 11) is 0. The van der Waals surface area contributed by atoms with Gasteiger partial charge in [0.25, 0.3) is 5.91 Å². The maximum Gasteiger partial charge on any atom is 0.274 e. The molecule has 0 spiro atoms. The number of aromatic nitrogens is 3. The number of amides is 1. The molecule has 0 aliphatic heterocycles. The van der Waals surface area contributed by atoms with E-state index in [9.17, 15) is 4.79 Å². The summed E-state index contributed by atoms with van der Waals surface area (Å²) in [5.74, 6) is -0.0131. The Morgan fingerprint density at radius 2 is 1.93 bits per heavy atom. The molecule has 0 saturated heterocycles. The molecule has 0 saturated carbocycles. The molecule has 2 aromatic heterocycles. The second kappa shape index (κ2) is 8.23. The molecule has 3 N–H and O–H groups in total. The second-order valence-electron chi connectivity index (χ2n) is 6.41. The van der Waals surface area contributed by atoms with Gasteiger partial charge in [-0.2, -0.15) is 5.26 Å². The minimum Gasteiger partial charge on any atom is -0.361 e. The van der Waals surface area contributed by atoms with Gasteiger partial charge in [0.05, 0.1) is 11.3 Å². The monoisotopic (exact) mass is 382 g/mol. The Morgan fingerprint density at radius 3 is 2.83 bits per heavy atom. The third-order valence-corrected chi connectivity index (χ3v) is 4.54. The molecule has 4 rings (SSSR count). The first-order chi connectivity index (χ1) is 14.2. The van der Waals surface area contributed by atoms with Crippen molar-refractivity contribution < 1.29 is 4.79 Å². The molecule has 2 heterocycles. The van der Waals surface area contributed by atoms with E-state index in [0.29, 0.717) is 23.7 Å². The fraction of sp³-hybridized carbons (Fsp3) is 0.0909. The Morgan fingerprint density at radius 1 is 1.10 bits per heavy atom. The fourth-order valence-corrected chi connectivity index (χ4v) is 3.09. The van der Waals surface area contributed by atoms with Crippen LogP contribution in [0.4, 0.5) is 11.6 Å². The van der Waals surface area contributed by atoms with Gasteiger partial charge in [0, 0.05) is 29.8 Å². The second-order valence-corrected chi connectivity index (χ2v) is 6.41. The van der Waals surface area contributed by atoms with Gasteiger partial charge in [0.1, 0.15) is 11.8 Å². The number of aromatic amines is 1. The van der Waals surface area contributed by atoms with E-state index in [1.165, 1.54) is 23.2 Å². The van der Waals surface area contributed by atoms with Crippen molar-refractivity contribution in [1.82, 2.24) is 15.0 Å². The van der Waals surface area contributed by atoms with Crippen molar-refractivity contribution in [3.63, 3.8) is 0 Å². The summed E-state index contributed by atoms with van der Waals surface area (Å²) in [4.78, 5) is 24.2. The highest BCUT2D eigenvalue weighted by Crippen LogP contribution is 2.18. The zero-order chi connectivity index (χ0) is 20.1. The number of carbonyl (C=O) groups is 1. The van der Waals surface area contributed by atoms with Crippen LogP contribution in [0, 0.1) is 11.3 Å². The Bertz CT molecular complexity index is 1210. The highest BCUT2D eigenvalue weighted by atomic mass is 16.1. The number of para-hydroxylation sites is 2. The number of benzene rings is 2. The highest BCUT2D eigenvalue weighted by molar-refractivity contribution is 6.03. The van der Waals surface area contributed by atoms with Crippen LogP contribution >= 0.6 is 0 Å². The lowest BCUT2D eigenvalue weighted by atomic mass is 10.1. The number of anilines is 2. The van der Waals surface area contributed by atoms with Crippen LogP contribution in [0.5, 0.6) is 0 Å². The number of nitrogens with zero attached hydrogens (tertiary/aromatic N) is 3. The van der Waals surface area contributed by atoms with Crippen molar-refractivity contribution >= 4 is 28.4 Å². The molecule has 142 valence electrons. The van der Waals surface area contributed by atoms with Gasteiger partial charge in [0.2, 0.25) is 5.95 Å². The molecule has 0 aliphatic rings. The molecule has 0 fully saturated rings. The maximum atomic E-state index is 12.5. The summed E-state index contributed by atoms with van der Waals surface area (Å²) in [5, 5.41) is 16.2. The van der Waals surface area contributed by atoms with Crippen molar-refractivity contribution in [3.8, 4) is 6.07 Å². The van der Waals surface area contributed by atoms with Crippen LogP contribution in [-0.2, 0) is 6.42 Å². The quantitative estimate of drug-likeness (QED) is 0.471. The van der Waals surface area contributed by atoms with Crippen molar-refractivity contribution in [2.75, 3.05) is 17.2 Å². The zero-order valence-corrected chi connectivity index (χ0v) is 15.5.